The smallest absolute Gasteiger partial charge is 0.407 e. The fourth-order valence-corrected chi connectivity index (χ4v) is 5.28. The third kappa shape index (κ3) is 6.46. The van der Waals surface area contributed by atoms with E-state index in [1.165, 1.54) is 6.08 Å². The summed E-state index contributed by atoms with van der Waals surface area (Å²) in [7, 11) is -1.84. The van der Waals surface area contributed by atoms with Crippen LogP contribution in [0.3, 0.4) is 0 Å². The molecule has 1 amide bonds. The number of carbonyl (C=O) groups excluding carboxylic acids is 2. The van der Waals surface area contributed by atoms with Gasteiger partial charge in [-0.3, -0.25) is 4.79 Å². The van der Waals surface area contributed by atoms with Crippen molar-refractivity contribution in [1.29, 1.82) is 0 Å². The highest BCUT2D eigenvalue weighted by molar-refractivity contribution is 6.83. The van der Waals surface area contributed by atoms with E-state index in [4.69, 9.17) is 23.7 Å². The molecule has 0 unspecified atom stereocenters. The third-order valence-corrected chi connectivity index (χ3v) is 7.23. The summed E-state index contributed by atoms with van der Waals surface area (Å²) in [6, 6.07) is -0.666. The number of alkyl carbamates (subject to hydrolysis) is 1. The number of hydrogen-bond acceptors (Lipinski definition) is 8. The van der Waals surface area contributed by atoms with E-state index in [0.717, 1.165) is 0 Å². The minimum Gasteiger partial charge on any atom is -0.445 e. The molecular weight excluding hydrogens is 470 g/mol. The first kappa shape index (κ1) is 27.7. The van der Waals surface area contributed by atoms with Gasteiger partial charge in [0.05, 0.1) is 31.3 Å². The Morgan fingerprint density at radius 1 is 1.26 bits per heavy atom. The molecule has 2 N–H and O–H groups in total. The third-order valence-electron chi connectivity index (χ3n) is 6.36. The minimum absolute atomic E-state index is 0.0327. The van der Waals surface area contributed by atoms with E-state index in [0.29, 0.717) is 13.2 Å². The average Bonchev–Trinajstić information content (AvgIpc) is 3.21. The molecule has 1 aliphatic carbocycles. The standard InChI is InChI=1S/C25H39NO8Si/c1-8-10-30-22(28)26-20-17-15-31-19(34-21(27)23(2,3)4)14-18(17)24(29,9-13-35(5,6)7)16-25(20)32-11-12-33-25/h8,17-20,29H,1,10-12,14-16H2,2-7H3,(H,26,28)/t17-,18+,19-,20+,24+/m1/s1. The van der Waals surface area contributed by atoms with Crippen molar-refractivity contribution < 1.29 is 38.4 Å². The van der Waals surface area contributed by atoms with Crippen molar-refractivity contribution in [2.75, 3.05) is 26.4 Å². The van der Waals surface area contributed by atoms with Crippen LogP contribution < -0.4 is 5.32 Å². The first-order valence-corrected chi connectivity index (χ1v) is 15.6. The maximum Gasteiger partial charge on any atom is 0.407 e. The summed E-state index contributed by atoms with van der Waals surface area (Å²) in [5.74, 6) is 0.580. The summed E-state index contributed by atoms with van der Waals surface area (Å²) < 4.78 is 28.8. The van der Waals surface area contributed by atoms with Gasteiger partial charge in [-0.1, -0.05) is 38.2 Å². The summed E-state index contributed by atoms with van der Waals surface area (Å²) in [5, 5.41) is 14.9. The number of amides is 1. The molecule has 0 aromatic rings. The first-order valence-electron chi connectivity index (χ1n) is 12.1. The molecule has 9 nitrogen and oxygen atoms in total. The van der Waals surface area contributed by atoms with Gasteiger partial charge in [-0.25, -0.2) is 4.79 Å². The number of fused-ring (bicyclic) bond motifs is 1. The lowest BCUT2D eigenvalue weighted by Crippen LogP contribution is -2.70. The van der Waals surface area contributed by atoms with Gasteiger partial charge in [0.2, 0.25) is 6.29 Å². The molecule has 5 atom stereocenters. The molecule has 2 saturated heterocycles. The van der Waals surface area contributed by atoms with Crippen LogP contribution in [0.25, 0.3) is 0 Å². The predicted octanol–water partition coefficient (Wildman–Crippen LogP) is 2.59. The van der Waals surface area contributed by atoms with Gasteiger partial charge >= 0.3 is 12.1 Å². The SMILES string of the molecule is C=CCOC(=O)N[C@H]1[C@@H]2CO[C@H](OC(=O)C(C)(C)C)C[C@@H]2[C@](O)(C#C[Si](C)(C)C)CC12OCCO2. The summed E-state index contributed by atoms with van der Waals surface area (Å²) in [4.78, 5) is 25.1. The van der Waals surface area contributed by atoms with Crippen molar-refractivity contribution in [1.82, 2.24) is 5.32 Å². The zero-order valence-corrected chi connectivity index (χ0v) is 22.6. The van der Waals surface area contributed by atoms with E-state index >= 15 is 0 Å². The molecule has 196 valence electrons. The van der Waals surface area contributed by atoms with Crippen LogP contribution in [0.1, 0.15) is 33.6 Å². The topological polar surface area (TPSA) is 113 Å². The van der Waals surface area contributed by atoms with Crippen LogP contribution in [0.2, 0.25) is 19.6 Å². The lowest BCUT2D eigenvalue weighted by molar-refractivity contribution is -0.285. The van der Waals surface area contributed by atoms with E-state index in [1.807, 2.05) is 0 Å². The molecule has 3 fully saturated rings. The summed E-state index contributed by atoms with van der Waals surface area (Å²) in [6.07, 6.45) is 0.247. The number of ether oxygens (including phenoxy) is 5. The molecule has 10 heteroatoms. The van der Waals surface area contributed by atoms with E-state index in [9.17, 15) is 14.7 Å². The number of hydrogen-bond donors (Lipinski definition) is 2. The van der Waals surface area contributed by atoms with Crippen molar-refractivity contribution in [3.05, 3.63) is 12.7 Å². The number of carbonyl (C=O) groups is 2. The van der Waals surface area contributed by atoms with Gasteiger partial charge in [0.1, 0.15) is 20.3 Å². The van der Waals surface area contributed by atoms with Gasteiger partial charge in [0.15, 0.2) is 5.79 Å². The van der Waals surface area contributed by atoms with Crippen molar-refractivity contribution in [2.24, 2.45) is 17.3 Å². The van der Waals surface area contributed by atoms with Gasteiger partial charge in [-0.05, 0) is 20.8 Å². The number of esters is 1. The monoisotopic (exact) mass is 509 g/mol. The van der Waals surface area contributed by atoms with Crippen LogP contribution in [-0.4, -0.2) is 75.4 Å². The largest absolute Gasteiger partial charge is 0.445 e. The van der Waals surface area contributed by atoms with Gasteiger partial charge in [0, 0.05) is 24.7 Å². The van der Waals surface area contributed by atoms with Crippen LogP contribution in [0.15, 0.2) is 12.7 Å². The molecule has 3 rings (SSSR count). The second-order valence-corrected chi connectivity index (χ2v) is 16.3. The molecular formula is C25H39NO8Si. The summed E-state index contributed by atoms with van der Waals surface area (Å²) in [5.41, 5.74) is 1.10. The van der Waals surface area contributed by atoms with Gasteiger partial charge in [-0.2, -0.15) is 0 Å². The number of rotatable bonds is 4. The summed E-state index contributed by atoms with van der Waals surface area (Å²) in [6.45, 7) is 16.0. The quantitative estimate of drug-likeness (QED) is 0.257. The van der Waals surface area contributed by atoms with Crippen molar-refractivity contribution in [2.45, 2.75) is 77.0 Å². The Labute approximate surface area is 208 Å². The zero-order valence-electron chi connectivity index (χ0n) is 21.6. The second-order valence-electron chi connectivity index (χ2n) is 11.5. The molecule has 2 heterocycles. The first-order chi connectivity index (χ1) is 16.2. The van der Waals surface area contributed by atoms with Gasteiger partial charge in [-0.15, -0.1) is 5.54 Å². The highest BCUT2D eigenvalue weighted by Crippen LogP contribution is 2.51. The molecule has 2 aliphatic heterocycles. The Hall–Kier alpha value is -1.90. The highest BCUT2D eigenvalue weighted by Gasteiger charge is 2.64. The maximum atomic E-state index is 12.5. The van der Waals surface area contributed by atoms with Crippen molar-refractivity contribution in [3.8, 4) is 11.5 Å². The van der Waals surface area contributed by atoms with Crippen LogP contribution in [-0.2, 0) is 28.5 Å². The number of nitrogens with one attached hydrogen (secondary N) is 1. The maximum absolute atomic E-state index is 12.5. The Bertz CT molecular complexity index is 877. The fourth-order valence-electron chi connectivity index (χ4n) is 4.69. The van der Waals surface area contributed by atoms with E-state index in [1.54, 1.807) is 20.8 Å². The Morgan fingerprint density at radius 2 is 1.91 bits per heavy atom. The normalized spacial score (nSPS) is 32.1. The molecule has 35 heavy (non-hydrogen) atoms. The molecule has 0 aromatic carbocycles. The molecule has 0 bridgehead atoms. The zero-order chi connectivity index (χ0) is 26.1. The van der Waals surface area contributed by atoms with Gasteiger partial charge in [0.25, 0.3) is 0 Å². The molecule has 0 aromatic heterocycles. The Morgan fingerprint density at radius 3 is 2.49 bits per heavy atom. The molecule has 1 saturated carbocycles. The second kappa shape index (κ2) is 10.2. The average molecular weight is 510 g/mol. The van der Waals surface area contributed by atoms with E-state index < -0.39 is 61.1 Å². The lowest BCUT2D eigenvalue weighted by Gasteiger charge is -2.55. The Kier molecular flexibility index (Phi) is 8.09. The fraction of sp³-hybridized carbons (Fsp3) is 0.760. The Balaban J connectivity index is 1.96. The van der Waals surface area contributed by atoms with Crippen LogP contribution in [0, 0.1) is 28.7 Å². The highest BCUT2D eigenvalue weighted by atomic mass is 28.3. The summed E-state index contributed by atoms with van der Waals surface area (Å²) >= 11 is 0. The predicted molar refractivity (Wildman–Crippen MR) is 131 cm³/mol. The van der Waals surface area contributed by atoms with Crippen molar-refractivity contribution >= 4 is 20.1 Å². The molecule has 1 spiro atoms. The van der Waals surface area contributed by atoms with E-state index in [2.05, 4.69) is 43.0 Å². The van der Waals surface area contributed by atoms with Crippen molar-refractivity contribution in [3.63, 3.8) is 0 Å². The number of aliphatic hydroxyl groups is 1. The molecule has 0 radical (unpaired) electrons. The van der Waals surface area contributed by atoms with Crippen LogP contribution in [0.4, 0.5) is 4.79 Å². The van der Waals surface area contributed by atoms with Gasteiger partial charge < -0.3 is 34.1 Å². The minimum atomic E-state index is -1.84. The lowest BCUT2D eigenvalue weighted by atomic mass is 9.62. The van der Waals surface area contributed by atoms with Crippen LogP contribution in [0.5, 0.6) is 0 Å². The van der Waals surface area contributed by atoms with E-state index in [-0.39, 0.29) is 26.1 Å². The molecule has 3 aliphatic rings. The van der Waals surface area contributed by atoms with Crippen LogP contribution >= 0.6 is 0 Å².